The fourth-order valence-corrected chi connectivity index (χ4v) is 3.31. The van der Waals surface area contributed by atoms with Crippen molar-refractivity contribution in [3.63, 3.8) is 0 Å². The minimum Gasteiger partial charge on any atom is -0.389 e. The molecule has 0 aromatic heterocycles. The van der Waals surface area contributed by atoms with Crippen LogP contribution in [-0.4, -0.2) is 42.3 Å². The molecule has 1 saturated heterocycles. The average molecular weight is 297 g/mol. The molecule has 0 saturated carbocycles. The molecule has 2 N–H and O–H groups in total. The van der Waals surface area contributed by atoms with Crippen molar-refractivity contribution in [2.75, 3.05) is 26.7 Å². The van der Waals surface area contributed by atoms with E-state index in [1.54, 1.807) is 0 Å². The van der Waals surface area contributed by atoms with Gasteiger partial charge in [-0.2, -0.15) is 0 Å². The molecule has 1 heterocycles. The molecular formula is C16H25ClN2O. The topological polar surface area (TPSA) is 35.5 Å². The zero-order chi connectivity index (χ0) is 14.6. The molecule has 0 radical (unpaired) electrons. The molecule has 2 unspecified atom stereocenters. The molecule has 112 valence electrons. The Morgan fingerprint density at radius 1 is 1.45 bits per heavy atom. The van der Waals surface area contributed by atoms with Crippen LogP contribution in [0.1, 0.15) is 37.8 Å². The van der Waals surface area contributed by atoms with Gasteiger partial charge < -0.3 is 15.3 Å². The van der Waals surface area contributed by atoms with Gasteiger partial charge in [-0.15, -0.1) is 0 Å². The zero-order valence-electron chi connectivity index (χ0n) is 12.4. The van der Waals surface area contributed by atoms with E-state index in [0.717, 1.165) is 49.5 Å². The highest BCUT2D eigenvalue weighted by Gasteiger charge is 2.28. The summed E-state index contributed by atoms with van der Waals surface area (Å²) in [5.74, 6) is 0. The largest absolute Gasteiger partial charge is 0.389 e. The van der Waals surface area contributed by atoms with Gasteiger partial charge in [0.1, 0.15) is 0 Å². The fourth-order valence-electron chi connectivity index (χ4n) is 3.04. The number of rotatable bonds is 5. The zero-order valence-corrected chi connectivity index (χ0v) is 13.2. The molecule has 0 amide bonds. The van der Waals surface area contributed by atoms with Crippen molar-refractivity contribution >= 4 is 11.6 Å². The number of hydrogen-bond acceptors (Lipinski definition) is 3. The van der Waals surface area contributed by atoms with Crippen LogP contribution in [0, 0.1) is 0 Å². The standard InChI is InChI=1S/C16H25ClN2O/c1-16(20)9-5-10-19(12-16)11-8-15(18-2)13-6-3-4-7-14(13)17/h3-4,6-7,15,18,20H,5,8-12H2,1-2H3. The summed E-state index contributed by atoms with van der Waals surface area (Å²) in [4.78, 5) is 2.35. The fraction of sp³-hybridized carbons (Fsp3) is 0.625. The smallest absolute Gasteiger partial charge is 0.0746 e. The van der Waals surface area contributed by atoms with Crippen molar-refractivity contribution in [2.24, 2.45) is 0 Å². The lowest BCUT2D eigenvalue weighted by Crippen LogP contribution is -2.46. The van der Waals surface area contributed by atoms with Crippen molar-refractivity contribution in [1.82, 2.24) is 10.2 Å². The summed E-state index contributed by atoms with van der Waals surface area (Å²) in [6, 6.07) is 8.26. The normalized spacial score (nSPS) is 25.6. The van der Waals surface area contributed by atoms with Gasteiger partial charge in [0.25, 0.3) is 0 Å². The minimum absolute atomic E-state index is 0.260. The van der Waals surface area contributed by atoms with Crippen LogP contribution in [0.5, 0.6) is 0 Å². The Bertz CT molecular complexity index is 436. The highest BCUT2D eigenvalue weighted by atomic mass is 35.5. The molecule has 1 aliphatic heterocycles. The van der Waals surface area contributed by atoms with Gasteiger partial charge in [-0.25, -0.2) is 0 Å². The van der Waals surface area contributed by atoms with Crippen LogP contribution < -0.4 is 5.32 Å². The van der Waals surface area contributed by atoms with E-state index in [2.05, 4.69) is 16.3 Å². The summed E-state index contributed by atoms with van der Waals surface area (Å²) in [6.07, 6.45) is 2.98. The van der Waals surface area contributed by atoms with Crippen molar-refractivity contribution < 1.29 is 5.11 Å². The Morgan fingerprint density at radius 2 is 2.20 bits per heavy atom. The maximum atomic E-state index is 10.2. The van der Waals surface area contributed by atoms with Crippen LogP contribution in [0.3, 0.4) is 0 Å². The van der Waals surface area contributed by atoms with Crippen LogP contribution in [0.25, 0.3) is 0 Å². The summed E-state index contributed by atoms with van der Waals surface area (Å²) in [5.41, 5.74) is 0.623. The number of halogens is 1. The molecule has 1 fully saturated rings. The van der Waals surface area contributed by atoms with E-state index < -0.39 is 5.60 Å². The summed E-state index contributed by atoms with van der Waals surface area (Å²) in [7, 11) is 1.97. The summed E-state index contributed by atoms with van der Waals surface area (Å²) >= 11 is 6.27. The molecular weight excluding hydrogens is 272 g/mol. The highest BCUT2D eigenvalue weighted by Crippen LogP contribution is 2.26. The molecule has 2 atom stereocenters. The maximum absolute atomic E-state index is 10.2. The predicted molar refractivity (Wildman–Crippen MR) is 84.2 cm³/mol. The number of piperidine rings is 1. The minimum atomic E-state index is -0.530. The van der Waals surface area contributed by atoms with Crippen molar-refractivity contribution in [1.29, 1.82) is 0 Å². The lowest BCUT2D eigenvalue weighted by atomic mass is 9.94. The molecule has 4 heteroatoms. The number of aliphatic hydroxyl groups is 1. The maximum Gasteiger partial charge on any atom is 0.0746 e. The van der Waals surface area contributed by atoms with E-state index in [4.69, 9.17) is 11.6 Å². The predicted octanol–water partition coefficient (Wildman–Crippen LogP) is 2.84. The van der Waals surface area contributed by atoms with E-state index in [1.165, 1.54) is 0 Å². The summed E-state index contributed by atoms with van der Waals surface area (Å²) < 4.78 is 0. The van der Waals surface area contributed by atoms with Gasteiger partial charge in [0.05, 0.1) is 5.60 Å². The van der Waals surface area contributed by atoms with Gasteiger partial charge in [0, 0.05) is 24.2 Å². The van der Waals surface area contributed by atoms with Gasteiger partial charge in [0.2, 0.25) is 0 Å². The average Bonchev–Trinajstić information content (AvgIpc) is 2.40. The summed E-state index contributed by atoms with van der Waals surface area (Å²) in [5, 5.41) is 14.3. The van der Waals surface area contributed by atoms with Crippen LogP contribution in [0.15, 0.2) is 24.3 Å². The van der Waals surface area contributed by atoms with Gasteiger partial charge in [-0.05, 0) is 51.4 Å². The van der Waals surface area contributed by atoms with Crippen LogP contribution in [0.4, 0.5) is 0 Å². The molecule has 1 aromatic rings. The van der Waals surface area contributed by atoms with Crippen LogP contribution in [0.2, 0.25) is 5.02 Å². The van der Waals surface area contributed by atoms with Gasteiger partial charge in [0.15, 0.2) is 0 Å². The van der Waals surface area contributed by atoms with Gasteiger partial charge in [-0.1, -0.05) is 29.8 Å². The first-order valence-electron chi connectivity index (χ1n) is 7.38. The van der Waals surface area contributed by atoms with Gasteiger partial charge >= 0.3 is 0 Å². The quantitative estimate of drug-likeness (QED) is 0.877. The van der Waals surface area contributed by atoms with Crippen molar-refractivity contribution in [2.45, 2.75) is 37.8 Å². The van der Waals surface area contributed by atoms with E-state index >= 15 is 0 Å². The Hall–Kier alpha value is -0.610. The molecule has 20 heavy (non-hydrogen) atoms. The number of likely N-dealkylation sites (tertiary alicyclic amines) is 1. The Kier molecular flexibility index (Phi) is 5.44. The molecule has 3 nitrogen and oxygen atoms in total. The van der Waals surface area contributed by atoms with Gasteiger partial charge in [-0.3, -0.25) is 0 Å². The Morgan fingerprint density at radius 3 is 2.85 bits per heavy atom. The van der Waals surface area contributed by atoms with Crippen LogP contribution >= 0.6 is 11.6 Å². The molecule has 2 rings (SSSR count). The molecule has 1 aliphatic rings. The Balaban J connectivity index is 1.93. The van der Waals surface area contributed by atoms with E-state index in [-0.39, 0.29) is 6.04 Å². The summed E-state index contributed by atoms with van der Waals surface area (Å²) in [6.45, 7) is 4.76. The molecule has 1 aromatic carbocycles. The van der Waals surface area contributed by atoms with Crippen molar-refractivity contribution in [3.8, 4) is 0 Å². The van der Waals surface area contributed by atoms with E-state index in [9.17, 15) is 5.11 Å². The lowest BCUT2D eigenvalue weighted by Gasteiger charge is -2.37. The van der Waals surface area contributed by atoms with Crippen molar-refractivity contribution in [3.05, 3.63) is 34.9 Å². The molecule has 0 bridgehead atoms. The van der Waals surface area contributed by atoms with E-state index in [0.29, 0.717) is 0 Å². The first-order chi connectivity index (χ1) is 9.52. The molecule has 0 aliphatic carbocycles. The number of nitrogens with one attached hydrogen (secondary N) is 1. The third-order valence-corrected chi connectivity index (χ3v) is 4.46. The second-order valence-electron chi connectivity index (χ2n) is 6.03. The molecule has 0 spiro atoms. The van der Waals surface area contributed by atoms with E-state index in [1.807, 2.05) is 32.2 Å². The third kappa shape index (κ3) is 4.19. The van der Waals surface area contributed by atoms with Crippen LogP contribution in [-0.2, 0) is 0 Å². The number of benzene rings is 1. The second-order valence-corrected chi connectivity index (χ2v) is 6.44. The number of β-amino-alcohol motifs (C(OH)–C–C–N with tert-alkyl or cyclic N) is 1. The second kappa shape index (κ2) is 6.90. The lowest BCUT2D eigenvalue weighted by molar-refractivity contribution is -0.0163. The Labute approximate surface area is 126 Å². The highest BCUT2D eigenvalue weighted by molar-refractivity contribution is 6.31. The first kappa shape index (κ1) is 15.8. The SMILES string of the molecule is CNC(CCN1CCCC(C)(O)C1)c1ccccc1Cl. The first-order valence-corrected chi connectivity index (χ1v) is 7.76. The third-order valence-electron chi connectivity index (χ3n) is 4.12. The monoisotopic (exact) mass is 296 g/mol. The number of nitrogens with zero attached hydrogens (tertiary/aromatic N) is 1. The number of hydrogen-bond donors (Lipinski definition) is 2.